The minimum absolute atomic E-state index is 0.00958. The number of benzene rings is 1. The number of amides is 2. The van der Waals surface area contributed by atoms with Crippen molar-refractivity contribution in [2.24, 2.45) is 5.92 Å². The highest BCUT2D eigenvalue weighted by atomic mass is 16.5. The van der Waals surface area contributed by atoms with Crippen molar-refractivity contribution in [3.8, 4) is 0 Å². The van der Waals surface area contributed by atoms with E-state index in [9.17, 15) is 19.5 Å². The number of likely N-dealkylation sites (tertiary alicyclic amines) is 1. The van der Waals surface area contributed by atoms with Gasteiger partial charge in [-0.2, -0.15) is 0 Å². The van der Waals surface area contributed by atoms with E-state index < -0.39 is 24.3 Å². The smallest absolute Gasteiger partial charge is 0.251 e. The molecule has 0 unspecified atom stereocenters. The molecule has 202 valence electrons. The fourth-order valence-electron chi connectivity index (χ4n) is 6.43. The van der Waals surface area contributed by atoms with Crippen LogP contribution in [0.5, 0.6) is 0 Å². The highest BCUT2D eigenvalue weighted by Gasteiger charge is 2.53. The van der Waals surface area contributed by atoms with Crippen molar-refractivity contribution in [2.75, 3.05) is 44.2 Å². The van der Waals surface area contributed by atoms with Gasteiger partial charge in [0.15, 0.2) is 5.78 Å². The Kier molecular flexibility index (Phi) is 7.83. The van der Waals surface area contributed by atoms with Gasteiger partial charge in [0.25, 0.3) is 5.91 Å². The molecule has 0 aromatic heterocycles. The van der Waals surface area contributed by atoms with Crippen LogP contribution in [-0.2, 0) is 14.3 Å². The van der Waals surface area contributed by atoms with Gasteiger partial charge in [0.1, 0.15) is 30.9 Å². The zero-order valence-corrected chi connectivity index (χ0v) is 22.0. The number of ether oxygens (including phenoxy) is 1. The molecule has 4 aliphatic rings. The van der Waals surface area contributed by atoms with E-state index in [4.69, 9.17) is 4.74 Å². The molecule has 9 nitrogen and oxygen atoms in total. The Labute approximate surface area is 219 Å². The molecule has 0 radical (unpaired) electrons. The molecule has 0 bridgehead atoms. The van der Waals surface area contributed by atoms with Gasteiger partial charge >= 0.3 is 0 Å². The molecular weight excluding hydrogens is 472 g/mol. The van der Waals surface area contributed by atoms with Crippen molar-refractivity contribution in [2.45, 2.75) is 76.3 Å². The molecule has 1 aromatic carbocycles. The predicted molar refractivity (Wildman–Crippen MR) is 139 cm³/mol. The first kappa shape index (κ1) is 26.1. The number of ketones is 1. The van der Waals surface area contributed by atoms with E-state index >= 15 is 0 Å². The Morgan fingerprint density at radius 1 is 1.03 bits per heavy atom. The molecule has 4 fully saturated rings. The molecule has 4 atom stereocenters. The number of piperazine rings is 1. The first-order chi connectivity index (χ1) is 17.8. The Balaban J connectivity index is 1.28. The third kappa shape index (κ3) is 5.40. The van der Waals surface area contributed by atoms with E-state index in [1.165, 1.54) is 4.90 Å². The number of carbonyl (C=O) groups is 3. The molecule has 5 rings (SSSR count). The van der Waals surface area contributed by atoms with Crippen LogP contribution in [-0.4, -0.2) is 102 Å². The van der Waals surface area contributed by atoms with Crippen molar-refractivity contribution < 1.29 is 24.2 Å². The maximum absolute atomic E-state index is 13.8. The van der Waals surface area contributed by atoms with Gasteiger partial charge in [-0.05, 0) is 56.9 Å². The zero-order chi connectivity index (χ0) is 26.1. The lowest BCUT2D eigenvalue weighted by atomic mass is 9.83. The number of nitrogens with one attached hydrogen (secondary N) is 1. The lowest BCUT2D eigenvalue weighted by Crippen LogP contribution is -2.55. The molecule has 2 N–H and O–H groups in total. The minimum atomic E-state index is -0.891. The van der Waals surface area contributed by atoms with E-state index in [1.54, 1.807) is 0 Å². The number of aliphatic hydroxyl groups excluding tert-OH is 1. The summed E-state index contributed by atoms with van der Waals surface area (Å²) < 4.78 is 5.45. The van der Waals surface area contributed by atoms with Crippen molar-refractivity contribution in [3.63, 3.8) is 0 Å². The summed E-state index contributed by atoms with van der Waals surface area (Å²) in [5, 5.41) is 13.4. The molecular formula is C28H40N4O5. The normalized spacial score (nSPS) is 28.0. The van der Waals surface area contributed by atoms with Crippen molar-refractivity contribution in [3.05, 3.63) is 29.8 Å². The number of fused-ring (bicyclic) bond motifs is 1. The van der Waals surface area contributed by atoms with Gasteiger partial charge in [-0.25, -0.2) is 0 Å². The maximum Gasteiger partial charge on any atom is 0.251 e. The third-order valence-electron chi connectivity index (χ3n) is 8.65. The van der Waals surface area contributed by atoms with Crippen LogP contribution in [0.15, 0.2) is 24.3 Å². The van der Waals surface area contributed by atoms with Gasteiger partial charge in [-0.3, -0.25) is 19.3 Å². The minimum Gasteiger partial charge on any atom is -0.388 e. The van der Waals surface area contributed by atoms with Crippen LogP contribution in [0.25, 0.3) is 0 Å². The van der Waals surface area contributed by atoms with E-state index in [1.807, 2.05) is 24.3 Å². The van der Waals surface area contributed by atoms with Crippen molar-refractivity contribution >= 4 is 23.3 Å². The van der Waals surface area contributed by atoms with Gasteiger partial charge < -0.3 is 25.0 Å². The summed E-state index contributed by atoms with van der Waals surface area (Å²) in [6.07, 6.45) is 3.30. The molecule has 1 saturated carbocycles. The second kappa shape index (κ2) is 11.1. The number of nitrogens with zero attached hydrogens (tertiary/aromatic N) is 3. The summed E-state index contributed by atoms with van der Waals surface area (Å²) in [5.41, 5.74) is 1.61. The van der Waals surface area contributed by atoms with Gasteiger partial charge in [0.05, 0.1) is 6.54 Å². The highest BCUT2D eigenvalue weighted by Crippen LogP contribution is 2.32. The second-order valence-electron chi connectivity index (χ2n) is 11.3. The number of β-amino-alcohol motifs (C(OH)–C–C–N with tert-alkyl or cyclic N) is 1. The van der Waals surface area contributed by atoms with Crippen LogP contribution in [0.2, 0.25) is 0 Å². The lowest BCUT2D eigenvalue weighted by Gasteiger charge is -2.38. The summed E-state index contributed by atoms with van der Waals surface area (Å²) in [6.45, 7) is 8.35. The van der Waals surface area contributed by atoms with E-state index in [-0.39, 0.29) is 36.7 Å². The SMILES string of the molecule is CC(C)N1CCN(c2ccc(C(=O)N[C@H](C(=O)N3C[C@H](O)[C@H]4OCC(=O)[C@H]43)C3CCCCC3)cc2)CC1. The van der Waals surface area contributed by atoms with Gasteiger partial charge in [-0.15, -0.1) is 0 Å². The van der Waals surface area contributed by atoms with E-state index in [0.717, 1.165) is 64.0 Å². The van der Waals surface area contributed by atoms with Crippen LogP contribution in [0.4, 0.5) is 5.69 Å². The Morgan fingerprint density at radius 3 is 2.35 bits per heavy atom. The number of hydrogen-bond donors (Lipinski definition) is 2. The number of aliphatic hydroxyl groups is 1. The number of rotatable bonds is 6. The largest absolute Gasteiger partial charge is 0.388 e. The average molecular weight is 513 g/mol. The Hall–Kier alpha value is -2.49. The maximum atomic E-state index is 13.8. The molecule has 2 amide bonds. The number of anilines is 1. The van der Waals surface area contributed by atoms with Crippen LogP contribution in [0.3, 0.4) is 0 Å². The second-order valence-corrected chi connectivity index (χ2v) is 11.3. The van der Waals surface area contributed by atoms with E-state index in [2.05, 4.69) is 29.0 Å². The molecule has 1 aliphatic carbocycles. The monoisotopic (exact) mass is 512 g/mol. The first-order valence-corrected chi connectivity index (χ1v) is 13.9. The zero-order valence-electron chi connectivity index (χ0n) is 22.0. The molecule has 37 heavy (non-hydrogen) atoms. The number of Topliss-reactive ketones (excluding diaryl/α,β-unsaturated/α-hetero) is 1. The quantitative estimate of drug-likeness (QED) is 0.595. The molecule has 3 heterocycles. The number of carbonyl (C=O) groups excluding carboxylic acids is 3. The van der Waals surface area contributed by atoms with Crippen LogP contribution in [0, 0.1) is 5.92 Å². The topological polar surface area (TPSA) is 102 Å². The fraction of sp³-hybridized carbons (Fsp3) is 0.679. The predicted octanol–water partition coefficient (Wildman–Crippen LogP) is 1.44. The van der Waals surface area contributed by atoms with Gasteiger partial charge in [-0.1, -0.05) is 19.3 Å². The summed E-state index contributed by atoms with van der Waals surface area (Å²) in [6, 6.07) is 6.66. The van der Waals surface area contributed by atoms with Crippen LogP contribution < -0.4 is 10.2 Å². The average Bonchev–Trinajstić information content (AvgIpc) is 3.47. The first-order valence-electron chi connectivity index (χ1n) is 13.9. The standard InChI is InChI=1S/C28H40N4O5/c1-18(2)30-12-14-31(15-13-30)21-10-8-20(9-11-21)27(35)29-24(19-6-4-3-5-7-19)28(36)32-16-22(33)26-25(32)23(34)17-37-26/h8-11,18-19,22,24-26,33H,3-7,12-17H2,1-2H3,(H,29,35)/t22-,24-,25+,26+/m0/s1. The van der Waals surface area contributed by atoms with Crippen molar-refractivity contribution in [1.82, 2.24) is 15.1 Å². The Bertz CT molecular complexity index is 985. The summed E-state index contributed by atoms with van der Waals surface area (Å²) in [7, 11) is 0. The van der Waals surface area contributed by atoms with E-state index in [0.29, 0.717) is 11.6 Å². The van der Waals surface area contributed by atoms with Crippen LogP contribution >= 0.6 is 0 Å². The van der Waals surface area contributed by atoms with Gasteiger partial charge in [0.2, 0.25) is 5.91 Å². The lowest BCUT2D eigenvalue weighted by molar-refractivity contribution is -0.139. The molecule has 1 aromatic rings. The Morgan fingerprint density at radius 2 is 1.70 bits per heavy atom. The fourth-order valence-corrected chi connectivity index (χ4v) is 6.43. The molecule has 3 aliphatic heterocycles. The van der Waals surface area contributed by atoms with Crippen LogP contribution in [0.1, 0.15) is 56.3 Å². The van der Waals surface area contributed by atoms with Crippen molar-refractivity contribution in [1.29, 1.82) is 0 Å². The number of hydrogen-bond acceptors (Lipinski definition) is 7. The highest BCUT2D eigenvalue weighted by molar-refractivity contribution is 5.99. The third-order valence-corrected chi connectivity index (χ3v) is 8.65. The molecule has 3 saturated heterocycles. The summed E-state index contributed by atoms with van der Waals surface area (Å²) >= 11 is 0. The summed E-state index contributed by atoms with van der Waals surface area (Å²) in [5.74, 6) is -0.750. The molecule has 0 spiro atoms. The molecule has 9 heteroatoms. The summed E-state index contributed by atoms with van der Waals surface area (Å²) in [4.78, 5) is 45.8. The van der Waals surface area contributed by atoms with Gasteiger partial charge in [0, 0.05) is 43.5 Å².